The highest BCUT2D eigenvalue weighted by molar-refractivity contribution is 9.10. The number of hydrogen-bond acceptors (Lipinski definition) is 3. The summed E-state index contributed by atoms with van der Waals surface area (Å²) in [6.45, 7) is 0. The molecule has 5 heteroatoms. The van der Waals surface area contributed by atoms with Gasteiger partial charge in [0.15, 0.2) is 5.82 Å². The monoisotopic (exact) mass is 272 g/mol. The fraction of sp³-hybridized carbons (Fsp3) is 0.111. The van der Waals surface area contributed by atoms with E-state index in [4.69, 9.17) is 0 Å². The first-order valence-corrected chi connectivity index (χ1v) is 5.62. The summed E-state index contributed by atoms with van der Waals surface area (Å²) in [5.41, 5.74) is 0.425. The molecule has 0 fully saturated rings. The quantitative estimate of drug-likeness (QED) is 0.786. The molecular formula is C9H6BrFN2S. The van der Waals surface area contributed by atoms with E-state index in [1.807, 2.05) is 17.5 Å². The van der Waals surface area contributed by atoms with E-state index in [-0.39, 0.29) is 10.4 Å². The maximum Gasteiger partial charge on any atom is 0.177 e. The van der Waals surface area contributed by atoms with Gasteiger partial charge in [-0.3, -0.25) is 0 Å². The van der Waals surface area contributed by atoms with Crippen LogP contribution >= 0.6 is 27.3 Å². The molecule has 0 aliphatic rings. The molecule has 2 nitrogen and oxygen atoms in total. The minimum absolute atomic E-state index is 0.221. The second kappa shape index (κ2) is 4.14. The van der Waals surface area contributed by atoms with Crippen LogP contribution in [-0.4, -0.2) is 9.97 Å². The number of nitrogens with zero attached hydrogens (tertiary/aromatic N) is 2. The molecule has 14 heavy (non-hydrogen) atoms. The predicted octanol–water partition coefficient (Wildman–Crippen LogP) is 3.03. The van der Waals surface area contributed by atoms with E-state index in [2.05, 4.69) is 25.9 Å². The van der Waals surface area contributed by atoms with Crippen molar-refractivity contribution in [3.8, 4) is 0 Å². The van der Waals surface area contributed by atoms with Gasteiger partial charge in [0.05, 0.1) is 5.69 Å². The highest BCUT2D eigenvalue weighted by atomic mass is 79.9. The van der Waals surface area contributed by atoms with Gasteiger partial charge in [0.25, 0.3) is 0 Å². The largest absolute Gasteiger partial charge is 0.238 e. The van der Waals surface area contributed by atoms with Crippen LogP contribution in [0.4, 0.5) is 4.39 Å². The van der Waals surface area contributed by atoms with E-state index in [1.165, 1.54) is 6.33 Å². The SMILES string of the molecule is Fc1c(Br)ncnc1Cc1cccs1. The highest BCUT2D eigenvalue weighted by Crippen LogP contribution is 2.18. The van der Waals surface area contributed by atoms with E-state index in [0.717, 1.165) is 4.88 Å². The van der Waals surface area contributed by atoms with Crippen molar-refractivity contribution in [2.24, 2.45) is 0 Å². The molecule has 2 aromatic heterocycles. The summed E-state index contributed by atoms with van der Waals surface area (Å²) in [4.78, 5) is 8.70. The smallest absolute Gasteiger partial charge is 0.177 e. The van der Waals surface area contributed by atoms with Crippen LogP contribution in [0.5, 0.6) is 0 Å². The van der Waals surface area contributed by atoms with Crippen molar-refractivity contribution in [3.05, 3.63) is 44.8 Å². The number of thiophene rings is 1. The Morgan fingerprint density at radius 3 is 3.00 bits per heavy atom. The molecule has 0 aliphatic heterocycles. The molecule has 2 aromatic rings. The Balaban J connectivity index is 2.29. The average molecular weight is 273 g/mol. The van der Waals surface area contributed by atoms with Crippen LogP contribution in [0.15, 0.2) is 28.4 Å². The Morgan fingerprint density at radius 1 is 1.43 bits per heavy atom. The molecule has 0 bridgehead atoms. The molecule has 0 aliphatic carbocycles. The van der Waals surface area contributed by atoms with Gasteiger partial charge in [-0.1, -0.05) is 6.07 Å². The third-order valence-corrected chi connectivity index (χ3v) is 3.17. The van der Waals surface area contributed by atoms with Crippen molar-refractivity contribution in [2.75, 3.05) is 0 Å². The zero-order valence-electron chi connectivity index (χ0n) is 7.08. The van der Waals surface area contributed by atoms with Crippen molar-refractivity contribution >= 4 is 27.3 Å². The Kier molecular flexibility index (Phi) is 2.88. The van der Waals surface area contributed by atoms with Gasteiger partial charge < -0.3 is 0 Å². The lowest BCUT2D eigenvalue weighted by Crippen LogP contribution is -1.97. The second-order valence-electron chi connectivity index (χ2n) is 2.68. The van der Waals surface area contributed by atoms with Gasteiger partial charge in [-0.2, -0.15) is 0 Å². The van der Waals surface area contributed by atoms with Crippen molar-refractivity contribution in [1.29, 1.82) is 0 Å². The van der Waals surface area contributed by atoms with Crippen LogP contribution < -0.4 is 0 Å². The van der Waals surface area contributed by atoms with Crippen molar-refractivity contribution in [2.45, 2.75) is 6.42 Å². The molecule has 72 valence electrons. The first-order chi connectivity index (χ1) is 6.77. The van der Waals surface area contributed by atoms with Crippen LogP contribution in [-0.2, 0) is 6.42 Å². The molecule has 2 rings (SSSR count). The molecular weight excluding hydrogens is 267 g/mol. The minimum atomic E-state index is -0.374. The normalized spacial score (nSPS) is 10.4. The molecule has 0 saturated carbocycles. The van der Waals surface area contributed by atoms with Crippen molar-refractivity contribution in [1.82, 2.24) is 9.97 Å². The Morgan fingerprint density at radius 2 is 2.29 bits per heavy atom. The van der Waals surface area contributed by atoms with E-state index < -0.39 is 0 Å². The summed E-state index contributed by atoms with van der Waals surface area (Å²) >= 11 is 4.62. The van der Waals surface area contributed by atoms with Crippen molar-refractivity contribution in [3.63, 3.8) is 0 Å². The second-order valence-corrected chi connectivity index (χ2v) is 4.46. The van der Waals surface area contributed by atoms with E-state index >= 15 is 0 Å². The molecule has 0 atom stereocenters. The highest BCUT2D eigenvalue weighted by Gasteiger charge is 2.09. The summed E-state index contributed by atoms with van der Waals surface area (Å²) in [6.07, 6.45) is 1.88. The summed E-state index contributed by atoms with van der Waals surface area (Å²) in [5.74, 6) is -0.374. The van der Waals surface area contributed by atoms with Gasteiger partial charge >= 0.3 is 0 Å². The lowest BCUT2D eigenvalue weighted by molar-refractivity contribution is 0.587. The maximum absolute atomic E-state index is 13.4. The van der Waals surface area contributed by atoms with Gasteiger partial charge in [-0.25, -0.2) is 14.4 Å². The van der Waals surface area contributed by atoms with Gasteiger partial charge in [0, 0.05) is 11.3 Å². The topological polar surface area (TPSA) is 25.8 Å². The van der Waals surface area contributed by atoms with E-state index in [1.54, 1.807) is 11.3 Å². The van der Waals surface area contributed by atoms with Gasteiger partial charge in [0.2, 0.25) is 0 Å². The Labute approximate surface area is 93.0 Å². The minimum Gasteiger partial charge on any atom is -0.238 e. The fourth-order valence-corrected chi connectivity index (χ4v) is 2.11. The van der Waals surface area contributed by atoms with Gasteiger partial charge in [-0.05, 0) is 27.4 Å². The van der Waals surface area contributed by atoms with Gasteiger partial charge in [0.1, 0.15) is 10.9 Å². The first-order valence-electron chi connectivity index (χ1n) is 3.94. The van der Waals surface area contributed by atoms with Crippen LogP contribution in [0.3, 0.4) is 0 Å². The predicted molar refractivity (Wildman–Crippen MR) is 56.8 cm³/mol. The van der Waals surface area contributed by atoms with E-state index in [0.29, 0.717) is 12.1 Å². The average Bonchev–Trinajstić information content (AvgIpc) is 2.66. The summed E-state index contributed by atoms with van der Waals surface area (Å²) < 4.78 is 13.6. The molecule has 0 radical (unpaired) electrons. The zero-order valence-corrected chi connectivity index (χ0v) is 9.48. The molecule has 0 aromatic carbocycles. The van der Waals surface area contributed by atoms with Crippen molar-refractivity contribution < 1.29 is 4.39 Å². The maximum atomic E-state index is 13.4. The first kappa shape index (κ1) is 9.73. The Bertz CT molecular complexity index is 430. The molecule has 0 unspecified atom stereocenters. The fourth-order valence-electron chi connectivity index (χ4n) is 1.08. The van der Waals surface area contributed by atoms with Gasteiger partial charge in [-0.15, -0.1) is 11.3 Å². The lowest BCUT2D eigenvalue weighted by atomic mass is 10.2. The number of hydrogen-bond donors (Lipinski definition) is 0. The van der Waals surface area contributed by atoms with Crippen LogP contribution in [0.25, 0.3) is 0 Å². The standard InChI is InChI=1S/C9H6BrFN2S/c10-9-8(11)7(12-5-13-9)4-6-2-1-3-14-6/h1-3,5H,4H2. The molecule has 0 saturated heterocycles. The number of halogens is 2. The van der Waals surface area contributed by atoms with Crippen LogP contribution in [0.1, 0.15) is 10.6 Å². The van der Waals surface area contributed by atoms with E-state index in [9.17, 15) is 4.39 Å². The zero-order chi connectivity index (χ0) is 9.97. The molecule has 0 amide bonds. The molecule has 0 N–H and O–H groups in total. The molecule has 2 heterocycles. The number of rotatable bonds is 2. The Hall–Kier alpha value is -0.810. The third-order valence-electron chi connectivity index (χ3n) is 1.74. The molecule has 0 spiro atoms. The summed E-state index contributed by atoms with van der Waals surface area (Å²) in [5, 5.41) is 1.96. The summed E-state index contributed by atoms with van der Waals surface area (Å²) in [6, 6.07) is 3.90. The van der Waals surface area contributed by atoms with Crippen LogP contribution in [0.2, 0.25) is 0 Å². The van der Waals surface area contributed by atoms with Crippen LogP contribution in [0, 0.1) is 5.82 Å². The third kappa shape index (κ3) is 1.99. The summed E-state index contributed by atoms with van der Waals surface area (Å²) in [7, 11) is 0. The lowest BCUT2D eigenvalue weighted by Gasteiger charge is -2.00. The number of aromatic nitrogens is 2.